The molecule has 4 nitrogen and oxygen atoms in total. The van der Waals surface area contributed by atoms with Gasteiger partial charge in [0.05, 0.1) is 5.92 Å². The molecule has 1 N–H and O–H groups in total. The van der Waals surface area contributed by atoms with Crippen molar-refractivity contribution in [1.29, 1.82) is 0 Å². The van der Waals surface area contributed by atoms with Crippen LogP contribution in [0.3, 0.4) is 0 Å². The zero-order valence-electron chi connectivity index (χ0n) is 19.5. The number of hydrogen-bond acceptors (Lipinski definition) is 3. The number of hydrogen-bond donors (Lipinski definition) is 1. The van der Waals surface area contributed by atoms with Crippen molar-refractivity contribution in [3.8, 4) is 11.1 Å². The summed E-state index contributed by atoms with van der Waals surface area (Å²) in [6, 6.07) is 8.41. The summed E-state index contributed by atoms with van der Waals surface area (Å²) < 4.78 is 1.87. The number of fused-ring (bicyclic) bond motifs is 3. The van der Waals surface area contributed by atoms with E-state index < -0.39 is 11.9 Å². The summed E-state index contributed by atoms with van der Waals surface area (Å²) in [6.45, 7) is 9.00. The number of rotatable bonds is 8. The predicted molar refractivity (Wildman–Crippen MR) is 133 cm³/mol. The molecule has 0 amide bonds. The molecule has 170 valence electrons. The highest BCUT2D eigenvalue weighted by Crippen LogP contribution is 2.45. The topological polar surface area (TPSA) is 59.3 Å². The molecule has 0 aliphatic heterocycles. The van der Waals surface area contributed by atoms with E-state index in [0.717, 1.165) is 53.4 Å². The van der Waals surface area contributed by atoms with Crippen LogP contribution in [-0.2, 0) is 24.2 Å². The van der Waals surface area contributed by atoms with E-state index in [1.807, 2.05) is 11.5 Å². The third-order valence-corrected chi connectivity index (χ3v) is 7.99. The molecule has 4 rings (SSSR count). The minimum Gasteiger partial charge on any atom is -0.481 e. The lowest BCUT2D eigenvalue weighted by atomic mass is 9.85. The van der Waals surface area contributed by atoms with Crippen LogP contribution in [0.1, 0.15) is 86.8 Å². The number of carboxylic acids is 1. The maximum Gasteiger partial charge on any atom is 0.311 e. The normalized spacial score (nSPS) is 14.3. The molecule has 3 aromatic rings. The number of carbonyl (C=O) groups is 1. The van der Waals surface area contributed by atoms with E-state index in [4.69, 9.17) is 0 Å². The molecular formula is C27H33NO3S. The Morgan fingerprint density at radius 1 is 1.12 bits per heavy atom. The van der Waals surface area contributed by atoms with Crippen LogP contribution < -0.4 is 5.56 Å². The minimum absolute atomic E-state index is 0.122. The number of nitrogens with zero attached hydrogens (tertiary/aromatic N) is 1. The van der Waals surface area contributed by atoms with E-state index in [1.165, 1.54) is 16.0 Å². The average molecular weight is 452 g/mol. The molecule has 1 aliphatic carbocycles. The molecular weight excluding hydrogens is 418 g/mol. The van der Waals surface area contributed by atoms with Crippen molar-refractivity contribution < 1.29 is 9.90 Å². The van der Waals surface area contributed by atoms with Gasteiger partial charge in [0.2, 0.25) is 0 Å². The molecule has 0 bridgehead atoms. The number of aliphatic carboxylic acids is 1. The van der Waals surface area contributed by atoms with Gasteiger partial charge in [0, 0.05) is 27.9 Å². The lowest BCUT2D eigenvalue weighted by Gasteiger charge is -2.21. The van der Waals surface area contributed by atoms with Gasteiger partial charge in [0.25, 0.3) is 5.56 Å². The number of benzene rings is 1. The maximum absolute atomic E-state index is 13.9. The van der Waals surface area contributed by atoms with Crippen molar-refractivity contribution in [1.82, 2.24) is 4.57 Å². The van der Waals surface area contributed by atoms with Crippen LogP contribution in [-0.4, -0.2) is 15.6 Å². The highest BCUT2D eigenvalue weighted by atomic mass is 32.1. The van der Waals surface area contributed by atoms with Crippen LogP contribution in [0.5, 0.6) is 0 Å². The molecule has 1 unspecified atom stereocenters. The lowest BCUT2D eigenvalue weighted by Crippen LogP contribution is -2.29. The Morgan fingerprint density at radius 2 is 1.84 bits per heavy atom. The summed E-state index contributed by atoms with van der Waals surface area (Å²) in [5.74, 6) is -1.28. The predicted octanol–water partition coefficient (Wildman–Crippen LogP) is 6.72. The van der Waals surface area contributed by atoms with Gasteiger partial charge in [-0.15, -0.1) is 11.3 Å². The number of carboxylic acid groups (broad SMARTS) is 1. The number of aromatic nitrogens is 1. The third kappa shape index (κ3) is 3.81. The van der Waals surface area contributed by atoms with E-state index in [9.17, 15) is 14.7 Å². The largest absolute Gasteiger partial charge is 0.481 e. The highest BCUT2D eigenvalue weighted by molar-refractivity contribution is 7.19. The van der Waals surface area contributed by atoms with Gasteiger partial charge in [-0.2, -0.15) is 0 Å². The molecule has 0 fully saturated rings. The molecule has 0 radical (unpaired) electrons. The molecule has 2 heterocycles. The first kappa shape index (κ1) is 22.8. The highest BCUT2D eigenvalue weighted by Gasteiger charge is 2.32. The SMILES string of the molecule is CCCC(C(=O)O)c1c(-c2ccc(C(C)C)cc2)c2c3c(sc2n(CCC)c1=O)CCC3. The Morgan fingerprint density at radius 3 is 2.44 bits per heavy atom. The quantitative estimate of drug-likeness (QED) is 0.413. The molecule has 0 saturated heterocycles. The van der Waals surface area contributed by atoms with Crippen molar-refractivity contribution in [2.24, 2.45) is 0 Å². The summed E-state index contributed by atoms with van der Waals surface area (Å²) in [5, 5.41) is 11.3. The first-order valence-corrected chi connectivity index (χ1v) is 12.7. The molecule has 2 aromatic heterocycles. The second-order valence-corrected chi connectivity index (χ2v) is 10.3. The van der Waals surface area contributed by atoms with Gasteiger partial charge in [-0.25, -0.2) is 0 Å². The van der Waals surface area contributed by atoms with Crippen molar-refractivity contribution in [2.45, 2.75) is 84.6 Å². The second kappa shape index (κ2) is 9.22. The Kier molecular flexibility index (Phi) is 6.57. The molecule has 1 atom stereocenters. The van der Waals surface area contributed by atoms with Crippen molar-refractivity contribution in [3.63, 3.8) is 0 Å². The van der Waals surface area contributed by atoms with E-state index >= 15 is 0 Å². The van der Waals surface area contributed by atoms with Crippen LogP contribution >= 0.6 is 11.3 Å². The summed E-state index contributed by atoms with van der Waals surface area (Å²) >= 11 is 1.74. The molecule has 0 saturated carbocycles. The monoisotopic (exact) mass is 451 g/mol. The van der Waals surface area contributed by atoms with E-state index in [0.29, 0.717) is 24.4 Å². The van der Waals surface area contributed by atoms with Crippen molar-refractivity contribution in [3.05, 3.63) is 56.2 Å². The fourth-order valence-corrected chi connectivity index (χ4v) is 6.50. The zero-order valence-corrected chi connectivity index (χ0v) is 20.3. The van der Waals surface area contributed by atoms with Crippen LogP contribution in [0, 0.1) is 0 Å². The lowest BCUT2D eigenvalue weighted by molar-refractivity contribution is -0.139. The van der Waals surface area contributed by atoms with Gasteiger partial charge in [0.1, 0.15) is 4.83 Å². The third-order valence-electron chi connectivity index (χ3n) is 6.68. The fraction of sp³-hybridized carbons (Fsp3) is 0.481. The van der Waals surface area contributed by atoms with Crippen LogP contribution in [0.25, 0.3) is 21.3 Å². The van der Waals surface area contributed by atoms with Gasteiger partial charge < -0.3 is 5.11 Å². The maximum atomic E-state index is 13.9. The molecule has 32 heavy (non-hydrogen) atoms. The molecule has 0 spiro atoms. The fourth-order valence-electron chi connectivity index (χ4n) is 5.08. The summed E-state index contributed by atoms with van der Waals surface area (Å²) in [4.78, 5) is 28.7. The van der Waals surface area contributed by atoms with Gasteiger partial charge in [-0.05, 0) is 54.7 Å². The summed E-state index contributed by atoms with van der Waals surface area (Å²) in [6.07, 6.45) is 5.20. The van der Waals surface area contributed by atoms with Crippen molar-refractivity contribution in [2.75, 3.05) is 0 Å². The molecule has 1 aliphatic rings. The minimum atomic E-state index is -0.904. The number of pyridine rings is 1. The number of thiophene rings is 1. The van der Waals surface area contributed by atoms with E-state index in [1.54, 1.807) is 11.3 Å². The molecule has 1 aromatic carbocycles. The second-order valence-electron chi connectivity index (χ2n) is 9.24. The van der Waals surface area contributed by atoms with E-state index in [2.05, 4.69) is 45.0 Å². The Bertz CT molecular complexity index is 1200. The van der Waals surface area contributed by atoms with Crippen LogP contribution in [0.2, 0.25) is 0 Å². The van der Waals surface area contributed by atoms with Gasteiger partial charge in [0.15, 0.2) is 0 Å². The smallest absolute Gasteiger partial charge is 0.311 e. The van der Waals surface area contributed by atoms with Gasteiger partial charge in [-0.3, -0.25) is 14.2 Å². The standard InChI is InChI=1S/C27H33NO3S/c1-5-8-20(27(30)31)23-22(18-13-11-17(12-14-18)16(3)4)24-19-9-7-10-21(19)32-26(24)28(15-6-2)25(23)29/h11-14,16,20H,5-10,15H2,1-4H3,(H,30,31). The van der Waals surface area contributed by atoms with Crippen LogP contribution in [0.15, 0.2) is 29.1 Å². The van der Waals surface area contributed by atoms with Gasteiger partial charge in [-0.1, -0.05) is 58.4 Å². The van der Waals surface area contributed by atoms with Crippen LogP contribution in [0.4, 0.5) is 0 Å². The summed E-state index contributed by atoms with van der Waals surface area (Å²) in [5.41, 5.74) is 4.76. The Balaban J connectivity index is 2.13. The summed E-state index contributed by atoms with van der Waals surface area (Å²) in [7, 11) is 0. The molecule has 5 heteroatoms. The first-order chi connectivity index (χ1) is 15.4. The van der Waals surface area contributed by atoms with E-state index in [-0.39, 0.29) is 5.56 Å². The average Bonchev–Trinajstić information content (AvgIpc) is 3.35. The van der Waals surface area contributed by atoms with Crippen molar-refractivity contribution >= 4 is 27.5 Å². The van der Waals surface area contributed by atoms with Gasteiger partial charge >= 0.3 is 5.97 Å². The number of aryl methyl sites for hydroxylation is 3. The first-order valence-electron chi connectivity index (χ1n) is 11.9. The Hall–Kier alpha value is -2.40. The Labute approximate surface area is 193 Å². The zero-order chi connectivity index (χ0) is 23.0.